The zero-order chi connectivity index (χ0) is 11.3. The second kappa shape index (κ2) is 5.56. The number of aliphatic carboxylic acids is 1. The van der Waals surface area contributed by atoms with E-state index >= 15 is 0 Å². The van der Waals surface area contributed by atoms with E-state index in [4.69, 9.17) is 21.4 Å². The zero-order valence-electron chi connectivity index (χ0n) is 8.36. The highest BCUT2D eigenvalue weighted by atomic mass is 35.5. The van der Waals surface area contributed by atoms with Gasteiger partial charge in [0.15, 0.2) is 0 Å². The van der Waals surface area contributed by atoms with Crippen LogP contribution < -0.4 is 4.74 Å². The quantitative estimate of drug-likeness (QED) is 0.787. The molecule has 0 saturated heterocycles. The molecule has 0 fully saturated rings. The predicted octanol–water partition coefficient (Wildman–Crippen LogP) is 2.29. The summed E-state index contributed by atoms with van der Waals surface area (Å²) in [6, 6.07) is 1.75. The fraction of sp³-hybridized carbons (Fsp3) is 0.400. The van der Waals surface area contributed by atoms with Gasteiger partial charge in [-0.1, -0.05) is 11.6 Å². The Morgan fingerprint density at radius 2 is 2.40 bits per heavy atom. The van der Waals surface area contributed by atoms with Crippen LogP contribution in [0, 0.1) is 6.92 Å². The minimum absolute atomic E-state index is 0.104. The van der Waals surface area contributed by atoms with Crippen LogP contribution in [0.5, 0.6) is 5.88 Å². The lowest BCUT2D eigenvalue weighted by atomic mass is 10.3. The van der Waals surface area contributed by atoms with Crippen LogP contribution in [0.4, 0.5) is 0 Å². The zero-order valence-corrected chi connectivity index (χ0v) is 9.12. The number of pyridine rings is 1. The van der Waals surface area contributed by atoms with Crippen LogP contribution in [0.1, 0.15) is 18.4 Å². The number of ether oxygens (including phenoxy) is 1. The van der Waals surface area contributed by atoms with Crippen molar-refractivity contribution in [1.82, 2.24) is 4.98 Å². The van der Waals surface area contributed by atoms with Crippen LogP contribution in [0.25, 0.3) is 0 Å². The maximum Gasteiger partial charge on any atom is 0.303 e. The number of aryl methyl sites for hydroxylation is 1. The summed E-state index contributed by atoms with van der Waals surface area (Å²) in [4.78, 5) is 14.2. The molecule has 0 radical (unpaired) electrons. The Morgan fingerprint density at radius 3 is 3.00 bits per heavy atom. The number of hydrogen-bond acceptors (Lipinski definition) is 3. The second-order valence-electron chi connectivity index (χ2n) is 3.12. The maximum absolute atomic E-state index is 10.2. The van der Waals surface area contributed by atoms with Crippen LogP contribution in [0.3, 0.4) is 0 Å². The molecule has 0 aromatic carbocycles. The van der Waals surface area contributed by atoms with Crippen LogP contribution in [0.15, 0.2) is 12.3 Å². The summed E-state index contributed by atoms with van der Waals surface area (Å²) in [7, 11) is 0. The predicted molar refractivity (Wildman–Crippen MR) is 56.3 cm³/mol. The highest BCUT2D eigenvalue weighted by Gasteiger charge is 2.02. The van der Waals surface area contributed by atoms with E-state index in [1.807, 2.05) is 6.92 Å². The van der Waals surface area contributed by atoms with Crippen molar-refractivity contribution < 1.29 is 14.6 Å². The average Bonchev–Trinajstić information content (AvgIpc) is 2.14. The molecule has 1 heterocycles. The Labute approximate surface area is 92.8 Å². The van der Waals surface area contributed by atoms with Crippen molar-refractivity contribution in [3.05, 3.63) is 22.8 Å². The normalized spacial score (nSPS) is 10.0. The first-order valence-electron chi connectivity index (χ1n) is 4.56. The van der Waals surface area contributed by atoms with E-state index in [9.17, 15) is 4.79 Å². The smallest absolute Gasteiger partial charge is 0.303 e. The first kappa shape index (κ1) is 11.8. The number of rotatable bonds is 5. The van der Waals surface area contributed by atoms with E-state index < -0.39 is 5.97 Å². The number of halogens is 1. The van der Waals surface area contributed by atoms with Crippen molar-refractivity contribution in [3.63, 3.8) is 0 Å². The maximum atomic E-state index is 10.2. The average molecular weight is 230 g/mol. The molecule has 1 aromatic rings. The highest BCUT2D eigenvalue weighted by Crippen LogP contribution is 2.18. The molecule has 0 bridgehead atoms. The standard InChI is InChI=1S/C10H12ClNO3/c1-7-5-8(11)6-12-10(7)15-4-2-3-9(13)14/h5-6H,2-4H2,1H3,(H,13,14). The van der Waals surface area contributed by atoms with Gasteiger partial charge in [-0.25, -0.2) is 4.98 Å². The van der Waals surface area contributed by atoms with Gasteiger partial charge in [0.25, 0.3) is 0 Å². The van der Waals surface area contributed by atoms with Gasteiger partial charge >= 0.3 is 5.97 Å². The van der Waals surface area contributed by atoms with Gasteiger partial charge in [0.05, 0.1) is 11.6 Å². The first-order chi connectivity index (χ1) is 7.09. The van der Waals surface area contributed by atoms with Crippen LogP contribution >= 0.6 is 11.6 Å². The fourth-order valence-electron chi connectivity index (χ4n) is 1.07. The fourth-order valence-corrected chi connectivity index (χ4v) is 1.28. The Morgan fingerprint density at radius 1 is 1.67 bits per heavy atom. The Balaban J connectivity index is 2.40. The third-order valence-corrected chi connectivity index (χ3v) is 1.98. The SMILES string of the molecule is Cc1cc(Cl)cnc1OCCCC(=O)O. The number of hydrogen-bond donors (Lipinski definition) is 1. The lowest BCUT2D eigenvalue weighted by molar-refractivity contribution is -0.137. The van der Waals surface area contributed by atoms with E-state index in [0.717, 1.165) is 5.56 Å². The van der Waals surface area contributed by atoms with E-state index in [0.29, 0.717) is 23.9 Å². The molecule has 4 nitrogen and oxygen atoms in total. The summed E-state index contributed by atoms with van der Waals surface area (Å²) < 4.78 is 5.31. The van der Waals surface area contributed by atoms with Crippen molar-refractivity contribution >= 4 is 17.6 Å². The van der Waals surface area contributed by atoms with Crippen LogP contribution in [0.2, 0.25) is 5.02 Å². The van der Waals surface area contributed by atoms with Crippen LogP contribution in [-0.2, 0) is 4.79 Å². The molecule has 0 aliphatic rings. The minimum Gasteiger partial charge on any atom is -0.481 e. The summed E-state index contributed by atoms with van der Waals surface area (Å²) in [6.07, 6.45) is 2.08. The molecule has 0 aliphatic heterocycles. The van der Waals surface area contributed by atoms with Crippen molar-refractivity contribution in [2.75, 3.05) is 6.61 Å². The first-order valence-corrected chi connectivity index (χ1v) is 4.94. The topological polar surface area (TPSA) is 59.4 Å². The van der Waals surface area contributed by atoms with Gasteiger partial charge in [-0.15, -0.1) is 0 Å². The lowest BCUT2D eigenvalue weighted by Gasteiger charge is -2.06. The van der Waals surface area contributed by atoms with Crippen molar-refractivity contribution in [1.29, 1.82) is 0 Å². The van der Waals surface area contributed by atoms with Crippen LogP contribution in [-0.4, -0.2) is 22.7 Å². The van der Waals surface area contributed by atoms with Gasteiger partial charge in [0.1, 0.15) is 0 Å². The molecular formula is C10H12ClNO3. The number of carboxylic acid groups (broad SMARTS) is 1. The van der Waals surface area contributed by atoms with E-state index in [1.165, 1.54) is 6.20 Å². The molecule has 0 amide bonds. The highest BCUT2D eigenvalue weighted by molar-refractivity contribution is 6.30. The summed E-state index contributed by atoms with van der Waals surface area (Å²) in [6.45, 7) is 2.19. The van der Waals surface area contributed by atoms with Gasteiger partial charge in [0.2, 0.25) is 5.88 Å². The van der Waals surface area contributed by atoms with Crippen molar-refractivity contribution in [2.45, 2.75) is 19.8 Å². The molecule has 0 atom stereocenters. The van der Waals surface area contributed by atoms with Crippen molar-refractivity contribution in [2.24, 2.45) is 0 Å². The number of carbonyl (C=O) groups is 1. The molecule has 0 spiro atoms. The molecular weight excluding hydrogens is 218 g/mol. The van der Waals surface area contributed by atoms with Gasteiger partial charge in [-0.05, 0) is 19.4 Å². The third-order valence-electron chi connectivity index (χ3n) is 1.77. The van der Waals surface area contributed by atoms with Crippen molar-refractivity contribution in [3.8, 4) is 5.88 Å². The van der Waals surface area contributed by atoms with E-state index in [2.05, 4.69) is 4.98 Å². The molecule has 15 heavy (non-hydrogen) atoms. The summed E-state index contributed by atoms with van der Waals surface area (Å²) in [5.74, 6) is -0.316. The molecule has 1 aromatic heterocycles. The van der Waals surface area contributed by atoms with Gasteiger partial charge in [-0.3, -0.25) is 4.79 Å². The molecule has 82 valence electrons. The Kier molecular flexibility index (Phi) is 4.37. The summed E-state index contributed by atoms with van der Waals surface area (Å²) in [5, 5.41) is 8.97. The molecule has 0 aliphatic carbocycles. The van der Waals surface area contributed by atoms with E-state index in [-0.39, 0.29) is 6.42 Å². The summed E-state index contributed by atoms with van der Waals surface area (Å²) in [5.41, 5.74) is 0.845. The largest absolute Gasteiger partial charge is 0.481 e. The molecule has 0 unspecified atom stereocenters. The third kappa shape index (κ3) is 4.16. The molecule has 1 rings (SSSR count). The minimum atomic E-state index is -0.820. The van der Waals surface area contributed by atoms with Gasteiger partial charge < -0.3 is 9.84 Å². The second-order valence-corrected chi connectivity index (χ2v) is 3.56. The number of nitrogens with zero attached hydrogens (tertiary/aromatic N) is 1. The number of carboxylic acids is 1. The van der Waals surface area contributed by atoms with E-state index in [1.54, 1.807) is 6.07 Å². The molecule has 0 saturated carbocycles. The summed E-state index contributed by atoms with van der Waals surface area (Å²) >= 11 is 5.72. The number of aromatic nitrogens is 1. The monoisotopic (exact) mass is 229 g/mol. The molecule has 1 N–H and O–H groups in total. The van der Waals surface area contributed by atoms with Gasteiger partial charge in [0, 0.05) is 18.2 Å². The Bertz CT molecular complexity index is 355. The Hall–Kier alpha value is -1.29. The van der Waals surface area contributed by atoms with Gasteiger partial charge in [-0.2, -0.15) is 0 Å². The molecule has 5 heteroatoms. The lowest BCUT2D eigenvalue weighted by Crippen LogP contribution is -2.03.